The molecular formula is C23H24N2O. The van der Waals surface area contributed by atoms with Gasteiger partial charge in [-0.25, -0.2) is 0 Å². The van der Waals surface area contributed by atoms with Crippen molar-refractivity contribution < 1.29 is 4.74 Å². The first-order chi connectivity index (χ1) is 12.8. The van der Waals surface area contributed by atoms with E-state index >= 15 is 0 Å². The van der Waals surface area contributed by atoms with Gasteiger partial charge in [0.05, 0.1) is 12.8 Å². The number of ether oxygens (including phenoxy) is 1. The van der Waals surface area contributed by atoms with Crippen LogP contribution in [0.25, 0.3) is 10.8 Å². The van der Waals surface area contributed by atoms with E-state index in [1.165, 1.54) is 35.7 Å². The van der Waals surface area contributed by atoms with Gasteiger partial charge in [0, 0.05) is 36.6 Å². The number of benzene rings is 3. The van der Waals surface area contributed by atoms with Gasteiger partial charge >= 0.3 is 0 Å². The largest absolute Gasteiger partial charge is 0.496 e. The Labute approximate surface area is 154 Å². The number of nitrogens with zero attached hydrogens (tertiary/aromatic N) is 2. The molecular weight excluding hydrogens is 320 g/mol. The van der Waals surface area contributed by atoms with Crippen LogP contribution >= 0.6 is 0 Å². The first-order valence-corrected chi connectivity index (χ1v) is 9.29. The van der Waals surface area contributed by atoms with E-state index < -0.39 is 0 Å². The zero-order valence-corrected chi connectivity index (χ0v) is 15.2. The molecule has 1 aliphatic rings. The molecule has 0 spiro atoms. The van der Waals surface area contributed by atoms with Gasteiger partial charge in [0.25, 0.3) is 0 Å². The number of fused-ring (bicyclic) bond motifs is 1. The van der Waals surface area contributed by atoms with Gasteiger partial charge in [-0.1, -0.05) is 30.3 Å². The summed E-state index contributed by atoms with van der Waals surface area (Å²) in [7, 11) is 1.72. The quantitative estimate of drug-likeness (QED) is 0.576. The molecule has 3 heteroatoms. The molecule has 1 heterocycles. The second-order valence-electron chi connectivity index (χ2n) is 6.76. The number of piperidine rings is 1. The van der Waals surface area contributed by atoms with Gasteiger partial charge in [-0.15, -0.1) is 0 Å². The van der Waals surface area contributed by atoms with Gasteiger partial charge in [0.2, 0.25) is 0 Å². The van der Waals surface area contributed by atoms with Gasteiger partial charge in [0.15, 0.2) is 0 Å². The Kier molecular flexibility index (Phi) is 4.87. The van der Waals surface area contributed by atoms with Crippen LogP contribution in [0.5, 0.6) is 5.75 Å². The summed E-state index contributed by atoms with van der Waals surface area (Å²) in [6.45, 7) is 2.27. The van der Waals surface area contributed by atoms with Crippen LogP contribution in [-0.4, -0.2) is 26.4 Å². The minimum Gasteiger partial charge on any atom is -0.496 e. The lowest BCUT2D eigenvalue weighted by Crippen LogP contribution is -2.29. The summed E-state index contributed by atoms with van der Waals surface area (Å²) in [6.07, 6.45) is 5.77. The highest BCUT2D eigenvalue weighted by atomic mass is 16.5. The van der Waals surface area contributed by atoms with Gasteiger partial charge in [-0.3, -0.25) is 4.99 Å². The molecule has 3 nitrogen and oxygen atoms in total. The third-order valence-electron chi connectivity index (χ3n) is 5.02. The highest BCUT2D eigenvalue weighted by Gasteiger charge is 2.12. The SMILES string of the molecule is COc1cc(N2CCCCC2)ccc1C=Nc1ccc2ccccc2c1. The lowest BCUT2D eigenvalue weighted by Gasteiger charge is -2.29. The molecule has 3 aromatic rings. The predicted octanol–water partition coefficient (Wildman–Crippen LogP) is 5.59. The maximum Gasteiger partial charge on any atom is 0.129 e. The van der Waals surface area contributed by atoms with Crippen LogP contribution in [0.2, 0.25) is 0 Å². The maximum absolute atomic E-state index is 5.62. The van der Waals surface area contributed by atoms with Crippen molar-refractivity contribution in [3.63, 3.8) is 0 Å². The molecule has 1 saturated heterocycles. The molecule has 4 rings (SSSR count). The summed E-state index contributed by atoms with van der Waals surface area (Å²) in [5, 5.41) is 2.43. The standard InChI is InChI=1S/C23H24N2O/c1-26-23-16-22(25-13-5-2-6-14-25)12-10-20(23)17-24-21-11-9-18-7-3-4-8-19(18)15-21/h3-4,7-12,15-17H,2,5-6,13-14H2,1H3. The van der Waals surface area contributed by atoms with E-state index in [4.69, 9.17) is 4.74 Å². The number of aliphatic imine (C=N–C) groups is 1. The highest BCUT2D eigenvalue weighted by molar-refractivity contribution is 5.89. The van der Waals surface area contributed by atoms with E-state index in [0.29, 0.717) is 0 Å². The summed E-state index contributed by atoms with van der Waals surface area (Å²) in [4.78, 5) is 7.10. The molecule has 3 aromatic carbocycles. The Bertz CT molecular complexity index is 926. The van der Waals surface area contributed by atoms with Crippen molar-refractivity contribution in [2.45, 2.75) is 19.3 Å². The van der Waals surface area contributed by atoms with E-state index in [-0.39, 0.29) is 0 Å². The van der Waals surface area contributed by atoms with Crippen molar-refractivity contribution in [3.8, 4) is 5.75 Å². The fourth-order valence-electron chi connectivity index (χ4n) is 3.56. The lowest BCUT2D eigenvalue weighted by atomic mass is 10.1. The molecule has 0 radical (unpaired) electrons. The van der Waals surface area contributed by atoms with E-state index in [2.05, 4.69) is 64.5 Å². The van der Waals surface area contributed by atoms with Crippen molar-refractivity contribution in [2.75, 3.05) is 25.1 Å². The van der Waals surface area contributed by atoms with Crippen LogP contribution in [0.4, 0.5) is 11.4 Å². The average Bonchev–Trinajstić information content (AvgIpc) is 2.72. The molecule has 26 heavy (non-hydrogen) atoms. The second kappa shape index (κ2) is 7.61. The van der Waals surface area contributed by atoms with Gasteiger partial charge in [-0.05, 0) is 54.3 Å². The average molecular weight is 344 g/mol. The van der Waals surface area contributed by atoms with Crippen molar-refractivity contribution in [2.24, 2.45) is 4.99 Å². The Morgan fingerprint density at radius 2 is 1.69 bits per heavy atom. The van der Waals surface area contributed by atoms with Crippen LogP contribution < -0.4 is 9.64 Å². The Balaban J connectivity index is 1.58. The summed E-state index contributed by atoms with van der Waals surface area (Å²) >= 11 is 0. The molecule has 0 N–H and O–H groups in total. The maximum atomic E-state index is 5.62. The van der Waals surface area contributed by atoms with Crippen LogP contribution in [0.1, 0.15) is 24.8 Å². The molecule has 0 aromatic heterocycles. The minimum atomic E-state index is 0.873. The second-order valence-corrected chi connectivity index (χ2v) is 6.76. The van der Waals surface area contributed by atoms with E-state index in [0.717, 1.165) is 30.1 Å². The third-order valence-corrected chi connectivity index (χ3v) is 5.02. The fraction of sp³-hybridized carbons (Fsp3) is 0.261. The number of rotatable bonds is 4. The van der Waals surface area contributed by atoms with Crippen molar-refractivity contribution in [3.05, 3.63) is 66.2 Å². The number of anilines is 1. The fourth-order valence-corrected chi connectivity index (χ4v) is 3.56. The molecule has 0 atom stereocenters. The molecule has 1 aliphatic heterocycles. The molecule has 0 amide bonds. The number of methoxy groups -OCH3 is 1. The topological polar surface area (TPSA) is 24.8 Å². The Morgan fingerprint density at radius 1 is 0.885 bits per heavy atom. The molecule has 1 fully saturated rings. The normalized spacial score (nSPS) is 14.9. The van der Waals surface area contributed by atoms with Gasteiger partial charge in [-0.2, -0.15) is 0 Å². The van der Waals surface area contributed by atoms with Crippen LogP contribution in [0, 0.1) is 0 Å². The van der Waals surface area contributed by atoms with E-state index in [1.54, 1.807) is 7.11 Å². The Morgan fingerprint density at radius 3 is 2.50 bits per heavy atom. The summed E-state index contributed by atoms with van der Waals surface area (Å²) < 4.78 is 5.62. The van der Waals surface area contributed by atoms with Crippen molar-refractivity contribution in [1.29, 1.82) is 0 Å². The summed E-state index contributed by atoms with van der Waals surface area (Å²) in [6, 6.07) is 21.0. The van der Waals surface area contributed by atoms with E-state index in [9.17, 15) is 0 Å². The minimum absolute atomic E-state index is 0.873. The zero-order chi connectivity index (χ0) is 17.8. The first-order valence-electron chi connectivity index (χ1n) is 9.29. The van der Waals surface area contributed by atoms with Crippen molar-refractivity contribution >= 4 is 28.4 Å². The van der Waals surface area contributed by atoms with Crippen LogP contribution in [0.15, 0.2) is 65.7 Å². The molecule has 0 aliphatic carbocycles. The monoisotopic (exact) mass is 344 g/mol. The molecule has 0 saturated carbocycles. The number of hydrogen-bond acceptors (Lipinski definition) is 3. The first kappa shape index (κ1) is 16.6. The highest BCUT2D eigenvalue weighted by Crippen LogP contribution is 2.28. The Hall–Kier alpha value is -2.81. The van der Waals surface area contributed by atoms with Gasteiger partial charge in [0.1, 0.15) is 5.75 Å². The van der Waals surface area contributed by atoms with E-state index in [1.807, 2.05) is 12.3 Å². The summed E-state index contributed by atoms with van der Waals surface area (Å²) in [5.74, 6) is 0.873. The summed E-state index contributed by atoms with van der Waals surface area (Å²) in [5.41, 5.74) is 3.19. The van der Waals surface area contributed by atoms with Crippen LogP contribution in [0.3, 0.4) is 0 Å². The molecule has 0 unspecified atom stereocenters. The van der Waals surface area contributed by atoms with Gasteiger partial charge < -0.3 is 9.64 Å². The number of hydrogen-bond donors (Lipinski definition) is 0. The van der Waals surface area contributed by atoms with Crippen molar-refractivity contribution in [1.82, 2.24) is 0 Å². The predicted molar refractivity (Wildman–Crippen MR) is 110 cm³/mol. The molecule has 132 valence electrons. The smallest absolute Gasteiger partial charge is 0.129 e. The lowest BCUT2D eigenvalue weighted by molar-refractivity contribution is 0.414. The van der Waals surface area contributed by atoms with Crippen LogP contribution in [-0.2, 0) is 0 Å². The zero-order valence-electron chi connectivity index (χ0n) is 15.2. The molecule has 0 bridgehead atoms. The third kappa shape index (κ3) is 3.57.